The summed E-state index contributed by atoms with van der Waals surface area (Å²) in [7, 11) is 1.70. The van der Waals surface area contributed by atoms with E-state index in [0.29, 0.717) is 6.61 Å². The zero-order valence-electron chi connectivity index (χ0n) is 10.6. The van der Waals surface area contributed by atoms with Crippen LogP contribution >= 0.6 is 0 Å². The monoisotopic (exact) mass is 234 g/mol. The highest BCUT2D eigenvalue weighted by atomic mass is 16.5. The highest BCUT2D eigenvalue weighted by molar-refractivity contribution is 5.73. The predicted molar refractivity (Wildman–Crippen MR) is 66.0 cm³/mol. The molecule has 0 aliphatic heterocycles. The summed E-state index contributed by atoms with van der Waals surface area (Å²) < 4.78 is 7.16. The molecule has 0 saturated carbocycles. The third-order valence-electron chi connectivity index (χ3n) is 2.78. The second-order valence-electron chi connectivity index (χ2n) is 3.90. The Morgan fingerprint density at radius 2 is 2.06 bits per heavy atom. The van der Waals surface area contributed by atoms with Crippen molar-refractivity contribution < 1.29 is 4.74 Å². The molecule has 0 aliphatic rings. The van der Waals surface area contributed by atoms with Crippen molar-refractivity contribution in [2.45, 2.75) is 33.2 Å². The molecule has 0 aromatic carbocycles. The third kappa shape index (κ3) is 2.29. The molecule has 5 nitrogen and oxygen atoms in total. The first-order valence-corrected chi connectivity index (χ1v) is 5.99. The number of hydrogen-bond acceptors (Lipinski definition) is 4. The van der Waals surface area contributed by atoms with Gasteiger partial charge in [0.05, 0.1) is 18.6 Å². The molecule has 2 aromatic heterocycles. The summed E-state index contributed by atoms with van der Waals surface area (Å²) in [6.45, 7) is 5.62. The van der Waals surface area contributed by atoms with E-state index in [2.05, 4.69) is 33.4 Å². The van der Waals surface area contributed by atoms with Gasteiger partial charge in [0, 0.05) is 20.1 Å². The van der Waals surface area contributed by atoms with Crippen LogP contribution in [-0.4, -0.2) is 33.2 Å². The normalized spacial score (nSPS) is 11.2. The Morgan fingerprint density at radius 1 is 1.24 bits per heavy atom. The largest absolute Gasteiger partial charge is 0.383 e. The molecule has 2 aromatic rings. The van der Waals surface area contributed by atoms with Crippen LogP contribution < -0.4 is 0 Å². The summed E-state index contributed by atoms with van der Waals surface area (Å²) in [5.74, 6) is 0.867. The number of imidazole rings is 1. The molecule has 0 fully saturated rings. The number of fused-ring (bicyclic) bond motifs is 1. The Kier molecular flexibility index (Phi) is 3.68. The fourth-order valence-corrected chi connectivity index (χ4v) is 1.87. The molecule has 0 unspecified atom stereocenters. The topological polar surface area (TPSA) is 52.8 Å². The van der Waals surface area contributed by atoms with Gasteiger partial charge in [-0.05, 0) is 6.42 Å². The molecule has 17 heavy (non-hydrogen) atoms. The fourth-order valence-electron chi connectivity index (χ4n) is 1.87. The summed E-state index contributed by atoms with van der Waals surface area (Å²) in [6, 6.07) is 0. The summed E-state index contributed by atoms with van der Waals surface area (Å²) in [4.78, 5) is 13.4. The van der Waals surface area contributed by atoms with Crippen LogP contribution in [0.4, 0.5) is 0 Å². The fraction of sp³-hybridized carbons (Fsp3) is 0.583. The maximum atomic E-state index is 5.09. The van der Waals surface area contributed by atoms with Crippen LogP contribution in [0.2, 0.25) is 0 Å². The van der Waals surface area contributed by atoms with Gasteiger partial charge in [-0.25, -0.2) is 15.0 Å². The van der Waals surface area contributed by atoms with Crippen molar-refractivity contribution in [2.75, 3.05) is 13.7 Å². The lowest BCUT2D eigenvalue weighted by molar-refractivity contribution is 0.188. The van der Waals surface area contributed by atoms with Crippen LogP contribution in [0.15, 0.2) is 6.33 Å². The van der Waals surface area contributed by atoms with Gasteiger partial charge >= 0.3 is 0 Å². The zero-order chi connectivity index (χ0) is 12.3. The summed E-state index contributed by atoms with van der Waals surface area (Å²) >= 11 is 0. The minimum Gasteiger partial charge on any atom is -0.383 e. The molecule has 0 bridgehead atoms. The van der Waals surface area contributed by atoms with Crippen LogP contribution in [0.5, 0.6) is 0 Å². The van der Waals surface area contributed by atoms with Gasteiger partial charge in [-0.3, -0.25) is 0 Å². The molecule has 0 atom stereocenters. The van der Waals surface area contributed by atoms with E-state index in [1.165, 1.54) is 0 Å². The average molecular weight is 234 g/mol. The van der Waals surface area contributed by atoms with Gasteiger partial charge in [-0.15, -0.1) is 0 Å². The summed E-state index contributed by atoms with van der Waals surface area (Å²) in [5.41, 5.74) is 2.91. The van der Waals surface area contributed by atoms with Crippen LogP contribution in [-0.2, 0) is 24.1 Å². The number of aromatic nitrogens is 4. The Morgan fingerprint density at radius 3 is 2.71 bits per heavy atom. The summed E-state index contributed by atoms with van der Waals surface area (Å²) in [6.07, 6.45) is 3.55. The second kappa shape index (κ2) is 5.23. The number of aryl methyl sites for hydroxylation is 2. The standard InChI is InChI=1S/C12H18N4O/c1-4-9-11-12(15-10(5-2)14-9)13-8-16(11)6-7-17-3/h8H,4-7H2,1-3H3. The van der Waals surface area contributed by atoms with Crippen molar-refractivity contribution in [1.82, 2.24) is 19.5 Å². The molecule has 0 amide bonds. The van der Waals surface area contributed by atoms with E-state index in [1.807, 2.05) is 6.33 Å². The Hall–Kier alpha value is -1.49. The van der Waals surface area contributed by atoms with Gasteiger partial charge in [0.1, 0.15) is 11.3 Å². The lowest BCUT2D eigenvalue weighted by Gasteiger charge is -2.07. The number of nitrogens with zero attached hydrogens (tertiary/aromatic N) is 4. The molecule has 2 rings (SSSR count). The van der Waals surface area contributed by atoms with Gasteiger partial charge in [0.25, 0.3) is 0 Å². The number of methoxy groups -OCH3 is 1. The number of ether oxygens (including phenoxy) is 1. The number of hydrogen-bond donors (Lipinski definition) is 0. The van der Waals surface area contributed by atoms with Crippen molar-refractivity contribution in [3.8, 4) is 0 Å². The van der Waals surface area contributed by atoms with Crippen molar-refractivity contribution >= 4 is 11.2 Å². The van der Waals surface area contributed by atoms with Gasteiger partial charge in [-0.2, -0.15) is 0 Å². The van der Waals surface area contributed by atoms with Crippen LogP contribution in [0, 0.1) is 0 Å². The Balaban J connectivity index is 2.50. The first-order chi connectivity index (χ1) is 8.30. The van der Waals surface area contributed by atoms with E-state index in [4.69, 9.17) is 4.74 Å². The van der Waals surface area contributed by atoms with Gasteiger partial charge in [0.15, 0.2) is 5.65 Å². The Bertz CT molecular complexity index is 506. The quantitative estimate of drug-likeness (QED) is 0.788. The number of rotatable bonds is 5. The molecule has 92 valence electrons. The van der Waals surface area contributed by atoms with Gasteiger partial charge < -0.3 is 9.30 Å². The molecule has 0 radical (unpaired) electrons. The van der Waals surface area contributed by atoms with Crippen molar-refractivity contribution in [2.24, 2.45) is 0 Å². The van der Waals surface area contributed by atoms with E-state index in [9.17, 15) is 0 Å². The molecular weight excluding hydrogens is 216 g/mol. The highest BCUT2D eigenvalue weighted by Gasteiger charge is 2.11. The lowest BCUT2D eigenvalue weighted by atomic mass is 10.2. The minimum atomic E-state index is 0.671. The third-order valence-corrected chi connectivity index (χ3v) is 2.78. The maximum Gasteiger partial charge on any atom is 0.181 e. The van der Waals surface area contributed by atoms with Crippen molar-refractivity contribution in [1.29, 1.82) is 0 Å². The predicted octanol–water partition coefficient (Wildman–Crippen LogP) is 1.60. The van der Waals surface area contributed by atoms with Crippen LogP contribution in [0.25, 0.3) is 11.2 Å². The first-order valence-electron chi connectivity index (χ1n) is 5.99. The molecule has 0 aliphatic carbocycles. The molecule has 0 spiro atoms. The van der Waals surface area contributed by atoms with E-state index < -0.39 is 0 Å². The minimum absolute atomic E-state index is 0.671. The van der Waals surface area contributed by atoms with Gasteiger partial charge in [0.2, 0.25) is 0 Å². The van der Waals surface area contributed by atoms with E-state index >= 15 is 0 Å². The SMILES string of the molecule is CCc1nc(CC)c2c(ncn2CCOC)n1. The Labute approximate surface area is 101 Å². The average Bonchev–Trinajstić information content (AvgIpc) is 2.78. The van der Waals surface area contributed by atoms with Crippen LogP contribution in [0.1, 0.15) is 25.4 Å². The smallest absolute Gasteiger partial charge is 0.181 e. The summed E-state index contributed by atoms with van der Waals surface area (Å²) in [5, 5.41) is 0. The van der Waals surface area contributed by atoms with Gasteiger partial charge in [-0.1, -0.05) is 13.8 Å². The van der Waals surface area contributed by atoms with Crippen molar-refractivity contribution in [3.63, 3.8) is 0 Å². The second-order valence-corrected chi connectivity index (χ2v) is 3.90. The van der Waals surface area contributed by atoms with Crippen molar-refractivity contribution in [3.05, 3.63) is 17.8 Å². The highest BCUT2D eigenvalue weighted by Crippen LogP contribution is 2.16. The molecule has 0 saturated heterocycles. The molecule has 5 heteroatoms. The first kappa shape index (κ1) is 12.0. The maximum absolute atomic E-state index is 5.09. The van der Waals surface area contributed by atoms with E-state index in [0.717, 1.165) is 42.1 Å². The molecule has 0 N–H and O–H groups in total. The molecular formula is C12H18N4O. The van der Waals surface area contributed by atoms with Crippen LogP contribution in [0.3, 0.4) is 0 Å². The lowest BCUT2D eigenvalue weighted by Crippen LogP contribution is -2.06. The molecule has 2 heterocycles. The van der Waals surface area contributed by atoms with E-state index in [1.54, 1.807) is 7.11 Å². The zero-order valence-corrected chi connectivity index (χ0v) is 10.6. The van der Waals surface area contributed by atoms with E-state index in [-0.39, 0.29) is 0 Å².